The molecule has 0 saturated carbocycles. The Balaban J connectivity index is 1.66. The largest absolute Gasteiger partial charge is 0.493 e. The van der Waals surface area contributed by atoms with Crippen LogP contribution >= 0.6 is 35.0 Å². The second-order valence-corrected chi connectivity index (χ2v) is 11.6. The number of carbonyl (C=O) groups is 1. The molecule has 2 aliphatic rings. The average molecular weight is 515 g/mol. The van der Waals surface area contributed by atoms with Gasteiger partial charge in [-0.1, -0.05) is 47.1 Å². The molecule has 170 valence electrons. The second-order valence-electron chi connectivity index (χ2n) is 7.40. The number of ether oxygens (including phenoxy) is 2. The van der Waals surface area contributed by atoms with E-state index in [9.17, 15) is 13.2 Å². The first-order valence-electron chi connectivity index (χ1n) is 9.65. The molecule has 2 aromatic carbocycles. The van der Waals surface area contributed by atoms with Gasteiger partial charge in [-0.05, 0) is 29.8 Å². The third-order valence-corrected chi connectivity index (χ3v) is 9.09. The van der Waals surface area contributed by atoms with Gasteiger partial charge < -0.3 is 14.4 Å². The van der Waals surface area contributed by atoms with Gasteiger partial charge >= 0.3 is 0 Å². The molecule has 2 atom stereocenters. The molecule has 11 heteroatoms. The Kier molecular flexibility index (Phi) is 6.63. The summed E-state index contributed by atoms with van der Waals surface area (Å²) in [7, 11) is -0.137. The zero-order valence-corrected chi connectivity index (χ0v) is 20.4. The van der Waals surface area contributed by atoms with Crippen molar-refractivity contribution in [3.05, 3.63) is 52.0 Å². The molecule has 2 aromatic rings. The number of carbonyl (C=O) groups excluding carboxylic acids is 1. The van der Waals surface area contributed by atoms with Crippen molar-refractivity contribution in [2.75, 3.05) is 30.6 Å². The number of sulfone groups is 1. The molecule has 0 spiro atoms. The van der Waals surface area contributed by atoms with Gasteiger partial charge in [0.25, 0.3) is 5.91 Å². The number of amidine groups is 1. The molecule has 1 amide bonds. The minimum Gasteiger partial charge on any atom is -0.493 e. The number of methoxy groups -OCH3 is 2. The number of para-hydroxylation sites is 1. The van der Waals surface area contributed by atoms with Gasteiger partial charge in [0.05, 0.1) is 53.9 Å². The van der Waals surface area contributed by atoms with E-state index in [1.54, 1.807) is 41.3 Å². The monoisotopic (exact) mass is 514 g/mol. The fourth-order valence-corrected chi connectivity index (χ4v) is 8.35. The summed E-state index contributed by atoms with van der Waals surface area (Å²) in [4.78, 5) is 18.9. The van der Waals surface area contributed by atoms with E-state index in [0.717, 1.165) is 0 Å². The predicted molar refractivity (Wildman–Crippen MR) is 128 cm³/mol. The third-order valence-electron chi connectivity index (χ3n) is 5.27. The molecule has 0 aromatic heterocycles. The van der Waals surface area contributed by atoms with Gasteiger partial charge in [-0.25, -0.2) is 8.42 Å². The standard InChI is InChI=1S/C21H20Cl2N2O5S2/c1-29-16-7-6-12(8-17(16)30-2)9-19(26)24-21-25(20-13(22)4-3-5-14(20)23)15-10-32(27,28)11-18(15)31-21/h3-8,15,18H,9-11H2,1-2H3/t15-,18+/m0/s1. The fraction of sp³-hybridized carbons (Fsp3) is 0.333. The number of aliphatic imine (C=N–C) groups is 1. The molecular formula is C21H20Cl2N2O5S2. The predicted octanol–water partition coefficient (Wildman–Crippen LogP) is 3.85. The Hall–Kier alpha value is -1.94. The topological polar surface area (TPSA) is 85.3 Å². The quantitative estimate of drug-likeness (QED) is 0.598. The Labute approximate surface area is 200 Å². The average Bonchev–Trinajstić information content (AvgIpc) is 3.19. The van der Waals surface area contributed by atoms with Crippen LogP contribution in [0.5, 0.6) is 11.5 Å². The molecule has 0 radical (unpaired) electrons. The van der Waals surface area contributed by atoms with Crippen LogP contribution in [-0.4, -0.2) is 56.5 Å². The lowest BCUT2D eigenvalue weighted by Gasteiger charge is -2.26. The van der Waals surface area contributed by atoms with Gasteiger partial charge in [-0.2, -0.15) is 4.99 Å². The minimum absolute atomic E-state index is 0.0177. The summed E-state index contributed by atoms with van der Waals surface area (Å²) < 4.78 is 35.0. The number of halogens is 2. The van der Waals surface area contributed by atoms with Crippen molar-refractivity contribution in [3.8, 4) is 11.5 Å². The minimum atomic E-state index is -3.20. The van der Waals surface area contributed by atoms with E-state index in [1.165, 1.54) is 26.0 Å². The molecule has 4 rings (SSSR count). The van der Waals surface area contributed by atoms with Crippen molar-refractivity contribution in [2.24, 2.45) is 4.99 Å². The van der Waals surface area contributed by atoms with E-state index in [0.29, 0.717) is 38.0 Å². The van der Waals surface area contributed by atoms with Crippen molar-refractivity contribution >= 4 is 61.6 Å². The highest BCUT2D eigenvalue weighted by Crippen LogP contribution is 2.45. The van der Waals surface area contributed by atoms with Gasteiger partial charge in [0.15, 0.2) is 26.5 Å². The van der Waals surface area contributed by atoms with Crippen molar-refractivity contribution in [1.82, 2.24) is 0 Å². The fourth-order valence-electron chi connectivity index (χ4n) is 3.86. The zero-order chi connectivity index (χ0) is 23.0. The number of amides is 1. The Bertz CT molecular complexity index is 1180. The number of nitrogens with zero attached hydrogens (tertiary/aromatic N) is 2. The van der Waals surface area contributed by atoms with Crippen LogP contribution in [0.3, 0.4) is 0 Å². The summed E-state index contributed by atoms with van der Waals surface area (Å²) in [6.07, 6.45) is 0.0438. The van der Waals surface area contributed by atoms with Crippen LogP contribution < -0.4 is 14.4 Å². The van der Waals surface area contributed by atoms with E-state index in [4.69, 9.17) is 32.7 Å². The van der Waals surface area contributed by atoms with E-state index >= 15 is 0 Å². The number of thioether (sulfide) groups is 1. The normalized spacial score (nSPS) is 22.8. The smallest absolute Gasteiger partial charge is 0.252 e. The van der Waals surface area contributed by atoms with Gasteiger partial charge in [-0.15, -0.1) is 0 Å². The zero-order valence-electron chi connectivity index (χ0n) is 17.2. The maximum absolute atomic E-state index is 12.8. The molecule has 7 nitrogen and oxygen atoms in total. The highest BCUT2D eigenvalue weighted by molar-refractivity contribution is 8.16. The molecule has 2 heterocycles. The van der Waals surface area contributed by atoms with Crippen LogP contribution in [0, 0.1) is 0 Å². The number of rotatable bonds is 5. The van der Waals surface area contributed by atoms with Gasteiger partial charge in [0.1, 0.15) is 0 Å². The highest BCUT2D eigenvalue weighted by atomic mass is 35.5. The van der Waals surface area contributed by atoms with E-state index < -0.39 is 15.9 Å². The lowest BCUT2D eigenvalue weighted by Crippen LogP contribution is -2.38. The summed E-state index contributed by atoms with van der Waals surface area (Å²) in [5.74, 6) is 0.675. The molecule has 0 bridgehead atoms. The summed E-state index contributed by atoms with van der Waals surface area (Å²) >= 11 is 14.1. The van der Waals surface area contributed by atoms with Crippen LogP contribution in [0.4, 0.5) is 5.69 Å². The van der Waals surface area contributed by atoms with E-state index in [2.05, 4.69) is 4.99 Å². The molecule has 2 fully saturated rings. The number of hydrogen-bond acceptors (Lipinski definition) is 6. The Morgan fingerprint density at radius 3 is 2.47 bits per heavy atom. The third kappa shape index (κ3) is 4.57. The first-order chi connectivity index (χ1) is 15.2. The van der Waals surface area contributed by atoms with Crippen molar-refractivity contribution < 1.29 is 22.7 Å². The summed E-state index contributed by atoms with van der Waals surface area (Å²) in [5.41, 5.74) is 1.18. The summed E-state index contributed by atoms with van der Waals surface area (Å²) in [5, 5.41) is 0.876. The van der Waals surface area contributed by atoms with Crippen LogP contribution in [0.25, 0.3) is 0 Å². The molecule has 0 N–H and O–H groups in total. The maximum Gasteiger partial charge on any atom is 0.252 e. The lowest BCUT2D eigenvalue weighted by molar-refractivity contribution is -0.117. The summed E-state index contributed by atoms with van der Waals surface area (Å²) in [6.45, 7) is 0. The van der Waals surface area contributed by atoms with Gasteiger partial charge in [0, 0.05) is 5.25 Å². The molecule has 32 heavy (non-hydrogen) atoms. The second kappa shape index (κ2) is 9.13. The van der Waals surface area contributed by atoms with Crippen LogP contribution in [-0.2, 0) is 21.1 Å². The van der Waals surface area contributed by atoms with Crippen LogP contribution in [0.1, 0.15) is 5.56 Å². The highest BCUT2D eigenvalue weighted by Gasteiger charge is 2.50. The molecule has 0 aliphatic carbocycles. The number of hydrogen-bond donors (Lipinski definition) is 0. The molecule has 0 unspecified atom stereocenters. The number of fused-ring (bicyclic) bond motifs is 1. The van der Waals surface area contributed by atoms with Crippen molar-refractivity contribution in [2.45, 2.75) is 17.7 Å². The number of benzene rings is 2. The molecular weight excluding hydrogens is 495 g/mol. The lowest BCUT2D eigenvalue weighted by atomic mass is 10.1. The van der Waals surface area contributed by atoms with Gasteiger partial charge in [-0.3, -0.25) is 4.79 Å². The van der Waals surface area contributed by atoms with Crippen molar-refractivity contribution in [1.29, 1.82) is 0 Å². The number of anilines is 1. The van der Waals surface area contributed by atoms with Crippen molar-refractivity contribution in [3.63, 3.8) is 0 Å². The van der Waals surface area contributed by atoms with Crippen LogP contribution in [0.2, 0.25) is 10.0 Å². The molecule has 2 aliphatic heterocycles. The van der Waals surface area contributed by atoms with Crippen LogP contribution in [0.15, 0.2) is 41.4 Å². The first-order valence-corrected chi connectivity index (χ1v) is 13.1. The Morgan fingerprint density at radius 2 is 1.81 bits per heavy atom. The Morgan fingerprint density at radius 1 is 1.12 bits per heavy atom. The van der Waals surface area contributed by atoms with Gasteiger partial charge in [0.2, 0.25) is 0 Å². The SMILES string of the molecule is COc1ccc(CC(=O)N=C2S[C@@H]3CS(=O)(=O)C[C@@H]3N2c2c(Cl)cccc2Cl)cc1OC. The summed E-state index contributed by atoms with van der Waals surface area (Å²) in [6, 6.07) is 9.88. The van der Waals surface area contributed by atoms with E-state index in [-0.39, 0.29) is 29.1 Å². The molecule has 2 saturated heterocycles. The van der Waals surface area contributed by atoms with E-state index in [1.807, 2.05) is 0 Å². The maximum atomic E-state index is 12.8. The first kappa shape index (κ1) is 23.2.